The van der Waals surface area contributed by atoms with Crippen LogP contribution in [0.15, 0.2) is 81.7 Å². The average molecular weight is 530 g/mol. The standard InChI is InChI=1S/C30H28FN3O3S/c1-5-33(6-2)29(36)25-18(3)32-30-34(28(35)24(38-30)17-19-11-14-21(31)15-12-19)27(25)26-22-10-8-7-9-20(22)13-16-23(26)37-4/h7-17,27H,5-6H2,1-4H3/b24-17+/t27-/m0/s1. The van der Waals surface area contributed by atoms with Gasteiger partial charge in [0, 0.05) is 18.7 Å². The zero-order valence-corrected chi connectivity index (χ0v) is 22.5. The highest BCUT2D eigenvalue weighted by molar-refractivity contribution is 7.07. The number of allylic oxidation sites excluding steroid dienone is 1. The van der Waals surface area contributed by atoms with Gasteiger partial charge >= 0.3 is 0 Å². The molecule has 4 aromatic rings. The van der Waals surface area contributed by atoms with Crippen LogP contribution in [0, 0.1) is 5.82 Å². The van der Waals surface area contributed by atoms with Gasteiger partial charge in [-0.3, -0.25) is 14.2 Å². The molecule has 0 radical (unpaired) electrons. The Labute approximate surface area is 223 Å². The van der Waals surface area contributed by atoms with E-state index in [0.29, 0.717) is 45.0 Å². The summed E-state index contributed by atoms with van der Waals surface area (Å²) >= 11 is 1.25. The number of benzene rings is 3. The summed E-state index contributed by atoms with van der Waals surface area (Å²) in [5, 5.41) is 1.87. The molecule has 0 fully saturated rings. The number of nitrogens with zero attached hydrogens (tertiary/aromatic N) is 3. The van der Waals surface area contributed by atoms with Crippen LogP contribution in [0.1, 0.15) is 37.9 Å². The molecule has 8 heteroatoms. The number of carbonyl (C=O) groups is 1. The minimum absolute atomic E-state index is 0.163. The van der Waals surface area contributed by atoms with Gasteiger partial charge in [0.2, 0.25) is 0 Å². The molecule has 0 aliphatic carbocycles. The van der Waals surface area contributed by atoms with Gasteiger partial charge in [-0.2, -0.15) is 0 Å². The maximum Gasteiger partial charge on any atom is 0.271 e. The predicted molar refractivity (Wildman–Crippen MR) is 149 cm³/mol. The molecule has 3 aromatic carbocycles. The van der Waals surface area contributed by atoms with Gasteiger partial charge in [0.1, 0.15) is 17.6 Å². The summed E-state index contributed by atoms with van der Waals surface area (Å²) in [6.45, 7) is 6.74. The summed E-state index contributed by atoms with van der Waals surface area (Å²) in [4.78, 5) is 34.9. The quantitative estimate of drug-likeness (QED) is 0.372. The number of halogens is 1. The minimum Gasteiger partial charge on any atom is -0.496 e. The first-order valence-corrected chi connectivity index (χ1v) is 13.3. The van der Waals surface area contributed by atoms with Crippen molar-refractivity contribution in [2.45, 2.75) is 26.8 Å². The van der Waals surface area contributed by atoms with E-state index in [0.717, 1.165) is 16.3 Å². The van der Waals surface area contributed by atoms with Crippen LogP contribution >= 0.6 is 11.3 Å². The maximum atomic E-state index is 14.0. The van der Waals surface area contributed by atoms with Crippen LogP contribution < -0.4 is 19.6 Å². The fourth-order valence-corrected chi connectivity index (χ4v) is 6.04. The lowest BCUT2D eigenvalue weighted by Gasteiger charge is -2.30. The largest absolute Gasteiger partial charge is 0.496 e. The Bertz CT molecular complexity index is 1750. The van der Waals surface area contributed by atoms with Crippen LogP contribution in [0.5, 0.6) is 5.75 Å². The summed E-state index contributed by atoms with van der Waals surface area (Å²) < 4.78 is 21.3. The number of thiazole rings is 1. The molecule has 5 rings (SSSR count). The Hall–Kier alpha value is -4.04. The van der Waals surface area contributed by atoms with Crippen LogP contribution in [0.3, 0.4) is 0 Å². The zero-order chi connectivity index (χ0) is 27.0. The number of carbonyl (C=O) groups excluding carboxylic acids is 1. The van der Waals surface area contributed by atoms with Gasteiger partial charge in [-0.1, -0.05) is 53.8 Å². The smallest absolute Gasteiger partial charge is 0.271 e. The van der Waals surface area contributed by atoms with Crippen molar-refractivity contribution in [3.05, 3.63) is 109 Å². The van der Waals surface area contributed by atoms with Crippen molar-refractivity contribution in [1.29, 1.82) is 0 Å². The molecule has 0 saturated carbocycles. The van der Waals surface area contributed by atoms with Crippen LogP contribution in [0.25, 0.3) is 16.8 Å². The van der Waals surface area contributed by atoms with Crippen molar-refractivity contribution in [1.82, 2.24) is 9.47 Å². The molecule has 0 saturated heterocycles. The van der Waals surface area contributed by atoms with Crippen LogP contribution in [0.2, 0.25) is 0 Å². The second-order valence-corrected chi connectivity index (χ2v) is 10.0. The lowest BCUT2D eigenvalue weighted by molar-refractivity contribution is -0.127. The van der Waals surface area contributed by atoms with Crippen LogP contribution in [-0.2, 0) is 4.79 Å². The molecular weight excluding hydrogens is 501 g/mol. The van der Waals surface area contributed by atoms with E-state index in [4.69, 9.17) is 9.73 Å². The highest BCUT2D eigenvalue weighted by Gasteiger charge is 2.36. The van der Waals surface area contributed by atoms with E-state index >= 15 is 0 Å². The van der Waals surface area contributed by atoms with Crippen molar-refractivity contribution in [2.75, 3.05) is 20.2 Å². The molecule has 0 spiro atoms. The number of amides is 1. The van der Waals surface area contributed by atoms with Crippen LogP contribution in [-0.4, -0.2) is 35.6 Å². The van der Waals surface area contributed by atoms with E-state index in [2.05, 4.69) is 0 Å². The molecule has 194 valence electrons. The molecule has 6 nitrogen and oxygen atoms in total. The van der Waals surface area contributed by atoms with Gasteiger partial charge in [-0.15, -0.1) is 0 Å². The molecule has 1 amide bonds. The van der Waals surface area contributed by atoms with E-state index < -0.39 is 6.04 Å². The van der Waals surface area contributed by atoms with E-state index in [9.17, 15) is 14.0 Å². The summed E-state index contributed by atoms with van der Waals surface area (Å²) in [5.41, 5.74) is 2.19. The molecule has 1 aliphatic rings. The number of ether oxygens (including phenoxy) is 1. The molecular formula is C30H28FN3O3S. The normalized spacial score (nSPS) is 15.4. The molecule has 38 heavy (non-hydrogen) atoms. The number of methoxy groups -OCH3 is 1. The second kappa shape index (κ2) is 10.4. The number of hydrogen-bond donors (Lipinski definition) is 0. The first-order chi connectivity index (χ1) is 18.4. The molecule has 1 aliphatic heterocycles. The molecule has 0 N–H and O–H groups in total. The summed E-state index contributed by atoms with van der Waals surface area (Å²) in [5.74, 6) is 0.0762. The zero-order valence-electron chi connectivity index (χ0n) is 21.7. The van der Waals surface area contributed by atoms with Gasteiger partial charge in [-0.05, 0) is 61.4 Å². The van der Waals surface area contributed by atoms with Gasteiger partial charge < -0.3 is 9.64 Å². The molecule has 1 atom stereocenters. The summed E-state index contributed by atoms with van der Waals surface area (Å²) in [6.07, 6.45) is 1.73. The van der Waals surface area contributed by atoms with Gasteiger partial charge in [0.05, 0.1) is 22.9 Å². The van der Waals surface area contributed by atoms with Crippen molar-refractivity contribution in [3.63, 3.8) is 0 Å². The van der Waals surface area contributed by atoms with Gasteiger partial charge in [0.25, 0.3) is 11.5 Å². The molecule has 2 heterocycles. The number of hydrogen-bond acceptors (Lipinski definition) is 5. The van der Waals surface area contributed by atoms with Crippen molar-refractivity contribution >= 4 is 34.1 Å². The maximum absolute atomic E-state index is 14.0. The van der Waals surface area contributed by atoms with E-state index in [1.54, 1.807) is 34.8 Å². The minimum atomic E-state index is -0.740. The highest BCUT2D eigenvalue weighted by atomic mass is 32.1. The molecule has 1 aromatic heterocycles. The fraction of sp³-hybridized carbons (Fsp3) is 0.233. The monoisotopic (exact) mass is 529 g/mol. The number of likely N-dealkylation sites (N-methyl/N-ethyl adjacent to an activating group) is 1. The summed E-state index contributed by atoms with van der Waals surface area (Å²) in [7, 11) is 1.59. The third kappa shape index (κ3) is 4.35. The third-order valence-corrected chi connectivity index (χ3v) is 7.88. The lowest BCUT2D eigenvalue weighted by atomic mass is 9.90. The van der Waals surface area contributed by atoms with E-state index in [-0.39, 0.29) is 17.3 Å². The first-order valence-electron chi connectivity index (χ1n) is 12.5. The van der Waals surface area contributed by atoms with Crippen molar-refractivity contribution in [3.8, 4) is 5.75 Å². The molecule has 0 bridgehead atoms. The van der Waals surface area contributed by atoms with E-state index in [1.807, 2.05) is 57.2 Å². The fourth-order valence-electron chi connectivity index (χ4n) is 5.00. The summed E-state index contributed by atoms with van der Waals surface area (Å²) in [6, 6.07) is 16.9. The Kier molecular flexibility index (Phi) is 6.99. The van der Waals surface area contributed by atoms with Gasteiger partial charge in [0.15, 0.2) is 4.80 Å². The predicted octanol–water partition coefficient (Wildman–Crippen LogP) is 4.40. The Morgan fingerprint density at radius 3 is 2.50 bits per heavy atom. The number of aromatic nitrogens is 1. The van der Waals surface area contributed by atoms with Gasteiger partial charge in [-0.25, -0.2) is 9.38 Å². The third-order valence-electron chi connectivity index (χ3n) is 6.89. The van der Waals surface area contributed by atoms with Crippen molar-refractivity contribution < 1.29 is 13.9 Å². The second-order valence-electron chi connectivity index (χ2n) is 9.01. The Morgan fingerprint density at radius 2 is 1.82 bits per heavy atom. The molecule has 0 unspecified atom stereocenters. The average Bonchev–Trinajstić information content (AvgIpc) is 3.23. The van der Waals surface area contributed by atoms with E-state index in [1.165, 1.54) is 23.5 Å². The number of fused-ring (bicyclic) bond motifs is 2. The van der Waals surface area contributed by atoms with Crippen LogP contribution in [0.4, 0.5) is 4.39 Å². The topological polar surface area (TPSA) is 63.9 Å². The number of rotatable bonds is 6. The van der Waals surface area contributed by atoms with Crippen molar-refractivity contribution in [2.24, 2.45) is 4.99 Å². The SMILES string of the molecule is CCN(CC)C(=O)C1=C(C)N=c2s/c(=C/c3ccc(F)cc3)c(=O)n2[C@@H]1c1c(OC)ccc2ccccc12. The highest BCUT2D eigenvalue weighted by Crippen LogP contribution is 2.40. The Balaban J connectivity index is 1.85. The first kappa shape index (κ1) is 25.6. The Morgan fingerprint density at radius 1 is 1.11 bits per heavy atom. The lowest BCUT2D eigenvalue weighted by Crippen LogP contribution is -2.43.